The molecule has 4 aromatic rings. The lowest BCUT2D eigenvalue weighted by atomic mass is 9.85. The molecule has 1 nitrogen and oxygen atoms in total. The molecule has 0 saturated heterocycles. The molecule has 2 unspecified atom stereocenters. The Bertz CT molecular complexity index is 1490. The van der Waals surface area contributed by atoms with Crippen LogP contribution in [0.15, 0.2) is 109 Å². The first-order chi connectivity index (χ1) is 16.8. The smallest absolute Gasteiger partial charge is 0.0630 e. The van der Waals surface area contributed by atoms with E-state index in [1.165, 1.54) is 55.9 Å². The van der Waals surface area contributed by atoms with Gasteiger partial charge in [-0.05, 0) is 81.6 Å². The molecule has 164 valence electrons. The van der Waals surface area contributed by atoms with E-state index in [0.717, 1.165) is 12.8 Å². The Balaban J connectivity index is 1.30. The number of hydrogen-bond acceptors (Lipinski definition) is 1. The lowest BCUT2D eigenvalue weighted by Crippen LogP contribution is -2.29. The van der Waals surface area contributed by atoms with Gasteiger partial charge in [-0.3, -0.25) is 0 Å². The standard InChI is InChI=1S/C33H27N/c1-2-22-8-7-10-27(18-22)34-32-13-6-5-12-29(32)31-21-24(16-17-33(31)34)23-14-15-26-19-25-9-3-4-11-28(25)30(26)20-23/h3-18,20-21,31,33H,2,19H2,1H3. The molecule has 0 saturated carbocycles. The Kier molecular flexibility index (Phi) is 4.38. The van der Waals surface area contributed by atoms with Gasteiger partial charge in [-0.1, -0.05) is 91.9 Å². The zero-order valence-corrected chi connectivity index (χ0v) is 19.4. The van der Waals surface area contributed by atoms with Crippen molar-refractivity contribution in [3.8, 4) is 11.1 Å². The van der Waals surface area contributed by atoms with Gasteiger partial charge in [0.15, 0.2) is 0 Å². The number of hydrogen-bond donors (Lipinski definition) is 0. The molecule has 2 aliphatic carbocycles. The van der Waals surface area contributed by atoms with Crippen molar-refractivity contribution >= 4 is 16.9 Å². The summed E-state index contributed by atoms with van der Waals surface area (Å²) in [5.41, 5.74) is 13.7. The van der Waals surface area contributed by atoms with Crippen LogP contribution in [0, 0.1) is 0 Å². The Morgan fingerprint density at radius 1 is 0.794 bits per heavy atom. The normalized spacial score (nSPS) is 19.3. The number of fused-ring (bicyclic) bond motifs is 6. The van der Waals surface area contributed by atoms with Crippen molar-refractivity contribution in [1.29, 1.82) is 0 Å². The van der Waals surface area contributed by atoms with Crippen LogP contribution in [0.1, 0.15) is 40.7 Å². The van der Waals surface area contributed by atoms with Gasteiger partial charge in [-0.2, -0.15) is 0 Å². The van der Waals surface area contributed by atoms with E-state index in [1.54, 1.807) is 0 Å². The van der Waals surface area contributed by atoms with Crippen molar-refractivity contribution in [2.24, 2.45) is 0 Å². The maximum Gasteiger partial charge on any atom is 0.0630 e. The van der Waals surface area contributed by atoms with Gasteiger partial charge in [-0.25, -0.2) is 0 Å². The van der Waals surface area contributed by atoms with Gasteiger partial charge >= 0.3 is 0 Å². The van der Waals surface area contributed by atoms with E-state index in [-0.39, 0.29) is 0 Å². The Labute approximate surface area is 201 Å². The van der Waals surface area contributed by atoms with E-state index in [0.29, 0.717) is 12.0 Å². The number of rotatable bonds is 3. The molecule has 0 bridgehead atoms. The molecule has 0 spiro atoms. The van der Waals surface area contributed by atoms with Crippen LogP contribution in [0.3, 0.4) is 0 Å². The maximum absolute atomic E-state index is 2.53. The summed E-state index contributed by atoms with van der Waals surface area (Å²) in [5, 5.41) is 0. The van der Waals surface area contributed by atoms with Crippen molar-refractivity contribution in [1.82, 2.24) is 0 Å². The summed E-state index contributed by atoms with van der Waals surface area (Å²) in [6.45, 7) is 2.23. The molecule has 4 aromatic carbocycles. The van der Waals surface area contributed by atoms with Gasteiger partial charge in [-0.15, -0.1) is 0 Å². The van der Waals surface area contributed by atoms with E-state index in [9.17, 15) is 0 Å². The van der Waals surface area contributed by atoms with E-state index in [1.807, 2.05) is 0 Å². The second-order valence-electron chi connectivity index (χ2n) is 9.66. The highest BCUT2D eigenvalue weighted by atomic mass is 15.2. The minimum Gasteiger partial charge on any atom is -0.333 e. The minimum absolute atomic E-state index is 0.309. The van der Waals surface area contributed by atoms with Crippen LogP contribution >= 0.6 is 0 Å². The zero-order chi connectivity index (χ0) is 22.6. The third-order valence-corrected chi connectivity index (χ3v) is 7.78. The molecule has 0 radical (unpaired) electrons. The molecule has 1 heterocycles. The quantitative estimate of drug-likeness (QED) is 0.276. The van der Waals surface area contributed by atoms with Gasteiger partial charge in [0.05, 0.1) is 6.04 Å². The number of para-hydroxylation sites is 1. The van der Waals surface area contributed by atoms with E-state index >= 15 is 0 Å². The second-order valence-corrected chi connectivity index (χ2v) is 9.66. The fourth-order valence-corrected chi connectivity index (χ4v) is 6.07. The highest BCUT2D eigenvalue weighted by Crippen LogP contribution is 2.49. The lowest BCUT2D eigenvalue weighted by molar-refractivity contribution is 0.746. The molecular formula is C33H27N. The van der Waals surface area contributed by atoms with Gasteiger partial charge in [0, 0.05) is 17.3 Å². The fourth-order valence-electron chi connectivity index (χ4n) is 6.07. The molecule has 0 aromatic heterocycles. The summed E-state index contributed by atoms with van der Waals surface area (Å²) >= 11 is 0. The molecule has 0 N–H and O–H groups in total. The van der Waals surface area contributed by atoms with Gasteiger partial charge in [0.25, 0.3) is 0 Å². The summed E-state index contributed by atoms with van der Waals surface area (Å²) in [7, 11) is 0. The molecule has 1 aliphatic heterocycles. The summed E-state index contributed by atoms with van der Waals surface area (Å²) in [6.07, 6.45) is 9.35. The molecule has 7 rings (SSSR count). The van der Waals surface area contributed by atoms with Gasteiger partial charge < -0.3 is 4.90 Å². The highest BCUT2D eigenvalue weighted by Gasteiger charge is 2.38. The average molecular weight is 438 g/mol. The predicted octanol–water partition coefficient (Wildman–Crippen LogP) is 8.08. The number of benzene rings is 4. The number of anilines is 2. The summed E-state index contributed by atoms with van der Waals surface area (Å²) in [5.74, 6) is 0.349. The molecule has 3 aliphatic rings. The van der Waals surface area contributed by atoms with Crippen molar-refractivity contribution < 1.29 is 0 Å². The molecular weight excluding hydrogens is 410 g/mol. The summed E-state index contributed by atoms with van der Waals surface area (Å²) in [4.78, 5) is 2.53. The van der Waals surface area contributed by atoms with Crippen LogP contribution in [0.25, 0.3) is 16.7 Å². The Morgan fingerprint density at radius 3 is 2.59 bits per heavy atom. The fraction of sp³-hybridized carbons (Fsp3) is 0.152. The van der Waals surface area contributed by atoms with E-state index in [4.69, 9.17) is 0 Å². The molecule has 2 atom stereocenters. The summed E-state index contributed by atoms with van der Waals surface area (Å²) < 4.78 is 0. The zero-order valence-electron chi connectivity index (χ0n) is 19.4. The number of allylic oxidation sites excluding steroid dienone is 2. The van der Waals surface area contributed by atoms with Crippen LogP contribution < -0.4 is 4.90 Å². The third-order valence-electron chi connectivity index (χ3n) is 7.78. The Hall–Kier alpha value is -3.84. The molecule has 34 heavy (non-hydrogen) atoms. The third kappa shape index (κ3) is 2.93. The lowest BCUT2D eigenvalue weighted by Gasteiger charge is -2.30. The van der Waals surface area contributed by atoms with Crippen molar-refractivity contribution in [2.45, 2.75) is 31.7 Å². The van der Waals surface area contributed by atoms with Gasteiger partial charge in [0.1, 0.15) is 0 Å². The Morgan fingerprint density at radius 2 is 1.65 bits per heavy atom. The largest absolute Gasteiger partial charge is 0.333 e. The van der Waals surface area contributed by atoms with E-state index < -0.39 is 0 Å². The molecule has 1 heteroatoms. The van der Waals surface area contributed by atoms with Crippen LogP contribution in [-0.4, -0.2) is 6.04 Å². The first kappa shape index (κ1) is 19.6. The van der Waals surface area contributed by atoms with E-state index in [2.05, 4.69) is 121 Å². The van der Waals surface area contributed by atoms with Crippen LogP contribution in [-0.2, 0) is 12.8 Å². The molecule has 0 amide bonds. The summed E-state index contributed by atoms with van der Waals surface area (Å²) in [6, 6.07) is 34.1. The topological polar surface area (TPSA) is 3.24 Å². The monoisotopic (exact) mass is 437 g/mol. The molecule has 0 fully saturated rings. The van der Waals surface area contributed by atoms with Crippen LogP contribution in [0.2, 0.25) is 0 Å². The minimum atomic E-state index is 0.309. The van der Waals surface area contributed by atoms with Crippen molar-refractivity contribution in [2.75, 3.05) is 4.90 Å². The van der Waals surface area contributed by atoms with Crippen molar-refractivity contribution in [3.05, 3.63) is 137 Å². The first-order valence-electron chi connectivity index (χ1n) is 12.4. The maximum atomic E-state index is 2.53. The van der Waals surface area contributed by atoms with Crippen LogP contribution in [0.5, 0.6) is 0 Å². The van der Waals surface area contributed by atoms with Gasteiger partial charge in [0.2, 0.25) is 0 Å². The van der Waals surface area contributed by atoms with Crippen molar-refractivity contribution in [3.63, 3.8) is 0 Å². The predicted molar refractivity (Wildman–Crippen MR) is 143 cm³/mol. The van der Waals surface area contributed by atoms with Crippen LogP contribution in [0.4, 0.5) is 11.4 Å². The average Bonchev–Trinajstić information content (AvgIpc) is 3.43. The highest BCUT2D eigenvalue weighted by molar-refractivity contribution is 5.86. The SMILES string of the molecule is CCc1cccc(N2c3ccccc3C3C=C(c4ccc5c(c4)-c4ccccc4C5)C=CC32)c1. The number of nitrogens with zero attached hydrogens (tertiary/aromatic N) is 1. The number of aryl methyl sites for hydroxylation is 1. The second kappa shape index (κ2) is 7.60. The first-order valence-corrected chi connectivity index (χ1v) is 12.4.